The molecule has 2 rings (SSSR count). The summed E-state index contributed by atoms with van der Waals surface area (Å²) in [5.74, 6) is -0.00167. The largest absolute Gasteiger partial charge is 0.468 e. The molecular formula is C11H15NO4S3. The Labute approximate surface area is 121 Å². The summed E-state index contributed by atoms with van der Waals surface area (Å²) in [6.07, 6.45) is 0.770. The Morgan fingerprint density at radius 2 is 2.42 bits per heavy atom. The Bertz CT molecular complexity index is 526. The molecule has 1 atom stereocenters. The number of thioether (sulfide) groups is 1. The van der Waals surface area contributed by atoms with Gasteiger partial charge in [-0.1, -0.05) is 6.07 Å². The molecule has 1 saturated heterocycles. The summed E-state index contributed by atoms with van der Waals surface area (Å²) in [5, 5.41) is 1.92. The van der Waals surface area contributed by atoms with Crippen molar-refractivity contribution in [1.82, 2.24) is 4.31 Å². The SMILES string of the molecule is COC(=O)CS[C@@H]1CCN(S(=O)(=O)c2cccs2)C1. The average molecular weight is 321 g/mol. The third kappa shape index (κ3) is 3.50. The summed E-state index contributed by atoms with van der Waals surface area (Å²) in [6, 6.07) is 3.35. The Morgan fingerprint density at radius 3 is 3.05 bits per heavy atom. The normalized spacial score (nSPS) is 20.6. The van der Waals surface area contributed by atoms with Gasteiger partial charge in [0, 0.05) is 18.3 Å². The van der Waals surface area contributed by atoms with Crippen LogP contribution in [0.5, 0.6) is 0 Å². The quantitative estimate of drug-likeness (QED) is 0.768. The lowest BCUT2D eigenvalue weighted by molar-refractivity contribution is -0.137. The van der Waals surface area contributed by atoms with Gasteiger partial charge in [0.25, 0.3) is 10.0 Å². The molecule has 0 aromatic carbocycles. The van der Waals surface area contributed by atoms with E-state index in [2.05, 4.69) is 4.74 Å². The monoisotopic (exact) mass is 321 g/mol. The maximum Gasteiger partial charge on any atom is 0.315 e. The molecule has 2 heterocycles. The average Bonchev–Trinajstić information content (AvgIpc) is 3.06. The molecule has 0 saturated carbocycles. The van der Waals surface area contributed by atoms with Crippen molar-refractivity contribution in [2.24, 2.45) is 0 Å². The second-order valence-corrected chi connectivity index (χ2v) is 8.49. The van der Waals surface area contributed by atoms with Gasteiger partial charge in [-0.3, -0.25) is 4.79 Å². The van der Waals surface area contributed by atoms with Gasteiger partial charge in [0.1, 0.15) is 4.21 Å². The number of thiophene rings is 1. The van der Waals surface area contributed by atoms with Crippen molar-refractivity contribution < 1.29 is 17.9 Å². The van der Waals surface area contributed by atoms with Gasteiger partial charge < -0.3 is 4.74 Å². The molecular weight excluding hydrogens is 306 g/mol. The number of methoxy groups -OCH3 is 1. The molecule has 1 aromatic rings. The molecule has 0 unspecified atom stereocenters. The van der Waals surface area contributed by atoms with Crippen molar-refractivity contribution in [3.05, 3.63) is 17.5 Å². The first-order chi connectivity index (χ1) is 9.04. The third-order valence-electron chi connectivity index (χ3n) is 2.86. The van der Waals surface area contributed by atoms with E-state index in [9.17, 15) is 13.2 Å². The second-order valence-electron chi connectivity index (χ2n) is 4.09. The number of carbonyl (C=O) groups excluding carboxylic acids is 1. The number of hydrogen-bond donors (Lipinski definition) is 0. The van der Waals surface area contributed by atoms with Crippen molar-refractivity contribution in [3.63, 3.8) is 0 Å². The van der Waals surface area contributed by atoms with Gasteiger partial charge in [-0.15, -0.1) is 23.1 Å². The number of nitrogens with zero attached hydrogens (tertiary/aromatic N) is 1. The summed E-state index contributed by atoms with van der Waals surface area (Å²) in [5.41, 5.74) is 0. The van der Waals surface area contributed by atoms with Crippen LogP contribution in [0.4, 0.5) is 0 Å². The highest BCUT2D eigenvalue weighted by atomic mass is 32.2. The van der Waals surface area contributed by atoms with Crippen LogP contribution in [0.15, 0.2) is 21.7 Å². The van der Waals surface area contributed by atoms with E-state index < -0.39 is 10.0 Å². The number of sulfonamides is 1. The van der Waals surface area contributed by atoms with E-state index in [1.807, 2.05) is 0 Å². The molecule has 0 bridgehead atoms. The van der Waals surface area contributed by atoms with Crippen LogP contribution in [0.3, 0.4) is 0 Å². The van der Waals surface area contributed by atoms with E-state index in [1.54, 1.807) is 17.5 Å². The van der Waals surface area contributed by atoms with E-state index in [0.717, 1.165) is 6.42 Å². The lowest BCUT2D eigenvalue weighted by Gasteiger charge is -2.15. The molecule has 0 amide bonds. The summed E-state index contributed by atoms with van der Waals surface area (Å²) in [4.78, 5) is 11.1. The van der Waals surface area contributed by atoms with Crippen molar-refractivity contribution in [3.8, 4) is 0 Å². The first-order valence-corrected chi connectivity index (χ1v) is 9.13. The molecule has 5 nitrogen and oxygen atoms in total. The van der Waals surface area contributed by atoms with Crippen molar-refractivity contribution in [2.45, 2.75) is 15.9 Å². The van der Waals surface area contributed by atoms with Gasteiger partial charge in [-0.2, -0.15) is 4.31 Å². The highest BCUT2D eigenvalue weighted by Gasteiger charge is 2.33. The molecule has 0 aliphatic carbocycles. The van der Waals surface area contributed by atoms with Crippen molar-refractivity contribution >= 4 is 39.1 Å². The molecule has 0 spiro atoms. The smallest absolute Gasteiger partial charge is 0.315 e. The predicted molar refractivity (Wildman–Crippen MR) is 76.0 cm³/mol. The minimum Gasteiger partial charge on any atom is -0.468 e. The number of esters is 1. The van der Waals surface area contributed by atoms with E-state index in [0.29, 0.717) is 17.3 Å². The van der Waals surface area contributed by atoms with Crippen LogP contribution in [0, 0.1) is 0 Å². The fourth-order valence-electron chi connectivity index (χ4n) is 1.83. The minimum atomic E-state index is -3.35. The molecule has 8 heteroatoms. The molecule has 106 valence electrons. The second kappa shape index (κ2) is 6.25. The fraction of sp³-hybridized carbons (Fsp3) is 0.545. The topological polar surface area (TPSA) is 63.7 Å². The van der Waals surface area contributed by atoms with Gasteiger partial charge >= 0.3 is 5.97 Å². The molecule has 19 heavy (non-hydrogen) atoms. The lowest BCUT2D eigenvalue weighted by atomic mass is 10.4. The van der Waals surface area contributed by atoms with Crippen LogP contribution in [0.1, 0.15) is 6.42 Å². The van der Waals surface area contributed by atoms with Gasteiger partial charge in [0.05, 0.1) is 12.9 Å². The third-order valence-corrected chi connectivity index (χ3v) is 7.36. The molecule has 1 fully saturated rings. The first-order valence-electron chi connectivity index (χ1n) is 5.76. The van der Waals surface area contributed by atoms with Crippen LogP contribution >= 0.6 is 23.1 Å². The van der Waals surface area contributed by atoms with Crippen molar-refractivity contribution in [2.75, 3.05) is 26.0 Å². The Hall–Kier alpha value is -0.570. The van der Waals surface area contributed by atoms with E-state index in [4.69, 9.17) is 0 Å². The number of carbonyl (C=O) groups is 1. The number of rotatable bonds is 5. The zero-order valence-electron chi connectivity index (χ0n) is 10.4. The Balaban J connectivity index is 1.93. The van der Waals surface area contributed by atoms with Gasteiger partial charge in [0.15, 0.2) is 0 Å². The van der Waals surface area contributed by atoms with Gasteiger partial charge in [0.2, 0.25) is 0 Å². The minimum absolute atomic E-state index is 0.161. The van der Waals surface area contributed by atoms with E-state index in [1.165, 1.54) is 34.5 Å². The van der Waals surface area contributed by atoms with Gasteiger partial charge in [-0.05, 0) is 17.9 Å². The fourth-order valence-corrected chi connectivity index (χ4v) is 5.62. The summed E-state index contributed by atoms with van der Waals surface area (Å²) >= 11 is 2.69. The van der Waals surface area contributed by atoms with Crippen molar-refractivity contribution in [1.29, 1.82) is 0 Å². The molecule has 1 aliphatic rings. The van der Waals surface area contributed by atoms with E-state index in [-0.39, 0.29) is 17.0 Å². The maximum atomic E-state index is 12.3. The maximum absolute atomic E-state index is 12.3. The summed E-state index contributed by atoms with van der Waals surface area (Å²) in [7, 11) is -2.00. The van der Waals surface area contributed by atoms with Crippen LogP contribution in [-0.2, 0) is 19.6 Å². The molecule has 1 aliphatic heterocycles. The molecule has 0 radical (unpaired) electrons. The van der Waals surface area contributed by atoms with Crippen LogP contribution in [-0.4, -0.2) is 49.9 Å². The standard InChI is InChI=1S/C11H15NO4S3/c1-16-10(13)8-18-9-4-5-12(7-9)19(14,15)11-3-2-6-17-11/h2-3,6,9H,4-5,7-8H2,1H3/t9-/m1/s1. The van der Waals surface area contributed by atoms with Crippen LogP contribution in [0.25, 0.3) is 0 Å². The molecule has 0 N–H and O–H groups in total. The predicted octanol–water partition coefficient (Wildman–Crippen LogP) is 1.42. The van der Waals surface area contributed by atoms with Crippen LogP contribution < -0.4 is 0 Å². The molecule has 1 aromatic heterocycles. The van der Waals surface area contributed by atoms with Crippen LogP contribution in [0.2, 0.25) is 0 Å². The Kier molecular flexibility index (Phi) is 4.88. The number of ether oxygens (including phenoxy) is 1. The number of hydrogen-bond acceptors (Lipinski definition) is 6. The highest BCUT2D eigenvalue weighted by Crippen LogP contribution is 2.29. The summed E-state index contributed by atoms with van der Waals surface area (Å²) in [6.45, 7) is 0.973. The van der Waals surface area contributed by atoms with E-state index >= 15 is 0 Å². The van der Waals surface area contributed by atoms with Gasteiger partial charge in [-0.25, -0.2) is 8.42 Å². The summed E-state index contributed by atoms with van der Waals surface area (Å²) < 4.78 is 31.0. The zero-order valence-corrected chi connectivity index (χ0v) is 12.9. The first kappa shape index (κ1) is 14.8. The Morgan fingerprint density at radius 1 is 1.63 bits per heavy atom. The zero-order chi connectivity index (χ0) is 13.9. The highest BCUT2D eigenvalue weighted by molar-refractivity contribution is 8.00. The lowest BCUT2D eigenvalue weighted by Crippen LogP contribution is -2.28.